The molecule has 0 radical (unpaired) electrons. The highest BCUT2D eigenvalue weighted by Crippen LogP contribution is 2.41. The van der Waals surface area contributed by atoms with Crippen molar-refractivity contribution in [1.82, 2.24) is 4.57 Å². The van der Waals surface area contributed by atoms with Gasteiger partial charge in [-0.25, -0.2) is 4.79 Å². The fraction of sp³-hybridized carbons (Fsp3) is 0.0714. The minimum Gasteiger partial charge on any atom is -0.508 e. The number of aromatic hydroxyl groups is 2. The topological polar surface area (TPSA) is 92.7 Å². The third kappa shape index (κ3) is 3.43. The zero-order valence-electron chi connectivity index (χ0n) is 18.4. The van der Waals surface area contributed by atoms with Gasteiger partial charge >= 0.3 is 5.63 Å². The summed E-state index contributed by atoms with van der Waals surface area (Å²) in [7, 11) is 0. The molecule has 2 heterocycles. The first-order valence-electron chi connectivity index (χ1n) is 11.1. The van der Waals surface area contributed by atoms with Crippen molar-refractivity contribution in [3.63, 3.8) is 0 Å². The molecule has 5 aromatic rings. The second-order valence-corrected chi connectivity index (χ2v) is 9.41. The first-order chi connectivity index (χ1) is 17.0. The molecule has 1 aliphatic rings. The summed E-state index contributed by atoms with van der Waals surface area (Å²) in [4.78, 5) is 27.7. The number of nitrogens with zero attached hydrogens (tertiary/aromatic N) is 1. The van der Waals surface area contributed by atoms with Gasteiger partial charge in [-0.3, -0.25) is 9.36 Å². The number of rotatable bonds is 3. The van der Waals surface area contributed by atoms with Gasteiger partial charge in [-0.15, -0.1) is 0 Å². The summed E-state index contributed by atoms with van der Waals surface area (Å²) in [5, 5.41) is 21.0. The second kappa shape index (κ2) is 8.21. The summed E-state index contributed by atoms with van der Waals surface area (Å²) < 4.78 is 7.29. The predicted molar refractivity (Wildman–Crippen MR) is 135 cm³/mol. The average Bonchev–Trinajstić information content (AvgIpc) is 2.88. The van der Waals surface area contributed by atoms with Crippen LogP contribution in [-0.4, -0.2) is 14.8 Å². The van der Waals surface area contributed by atoms with E-state index in [1.807, 2.05) is 54.6 Å². The molecular formula is C28H19NO5S. The van der Waals surface area contributed by atoms with Crippen molar-refractivity contribution in [2.24, 2.45) is 0 Å². The summed E-state index contributed by atoms with van der Waals surface area (Å²) in [5.74, 6) is -0.309. The highest BCUT2D eigenvalue weighted by atomic mass is 32.2. The van der Waals surface area contributed by atoms with Crippen LogP contribution in [0.5, 0.6) is 11.5 Å². The second-order valence-electron chi connectivity index (χ2n) is 8.33. The number of phenolic OH excluding ortho intramolecular Hbond substituents is 1. The van der Waals surface area contributed by atoms with E-state index in [9.17, 15) is 19.8 Å². The number of fused-ring (bicyclic) bond motifs is 5. The van der Waals surface area contributed by atoms with Crippen LogP contribution in [0.4, 0.5) is 0 Å². The van der Waals surface area contributed by atoms with E-state index >= 15 is 0 Å². The number of hydrogen-bond donors (Lipinski definition) is 2. The summed E-state index contributed by atoms with van der Waals surface area (Å²) in [5.41, 5.74) is 2.72. The number of aromatic nitrogens is 1. The Hall–Kier alpha value is -4.23. The third-order valence-electron chi connectivity index (χ3n) is 6.25. The molecular weight excluding hydrogens is 462 g/mol. The Balaban J connectivity index is 1.72. The number of pyridine rings is 1. The highest BCUT2D eigenvalue weighted by molar-refractivity contribution is 7.99. The lowest BCUT2D eigenvalue weighted by Crippen LogP contribution is -2.25. The van der Waals surface area contributed by atoms with Crippen molar-refractivity contribution in [2.45, 2.75) is 22.6 Å². The highest BCUT2D eigenvalue weighted by Gasteiger charge is 2.29. The first-order valence-corrected chi connectivity index (χ1v) is 11.9. The van der Waals surface area contributed by atoms with Gasteiger partial charge in [-0.1, -0.05) is 54.2 Å². The molecule has 35 heavy (non-hydrogen) atoms. The lowest BCUT2D eigenvalue weighted by molar-refractivity contribution is 0.445. The summed E-state index contributed by atoms with van der Waals surface area (Å²) in [6, 6.07) is 23.3. The number of benzene rings is 3. The number of aryl methyl sites for hydroxylation is 2. The van der Waals surface area contributed by atoms with Crippen molar-refractivity contribution in [1.29, 1.82) is 0 Å². The van der Waals surface area contributed by atoms with E-state index in [0.717, 1.165) is 27.8 Å². The number of hydrogen-bond acceptors (Lipinski definition) is 6. The van der Waals surface area contributed by atoms with Gasteiger partial charge in [0.25, 0.3) is 5.56 Å². The van der Waals surface area contributed by atoms with Gasteiger partial charge < -0.3 is 14.6 Å². The van der Waals surface area contributed by atoms with Crippen molar-refractivity contribution >= 4 is 22.7 Å². The average molecular weight is 482 g/mol. The Morgan fingerprint density at radius 2 is 1.54 bits per heavy atom. The van der Waals surface area contributed by atoms with Gasteiger partial charge in [0, 0.05) is 21.7 Å². The Morgan fingerprint density at radius 3 is 2.31 bits per heavy atom. The van der Waals surface area contributed by atoms with Crippen LogP contribution >= 0.6 is 11.8 Å². The van der Waals surface area contributed by atoms with Crippen LogP contribution in [0.2, 0.25) is 0 Å². The Bertz CT molecular complexity index is 1720. The van der Waals surface area contributed by atoms with E-state index in [2.05, 4.69) is 0 Å². The van der Waals surface area contributed by atoms with E-state index in [0.29, 0.717) is 29.8 Å². The van der Waals surface area contributed by atoms with Gasteiger partial charge in [0.15, 0.2) is 11.3 Å². The van der Waals surface area contributed by atoms with Crippen LogP contribution in [-0.2, 0) is 12.8 Å². The molecule has 6 nitrogen and oxygen atoms in total. The Morgan fingerprint density at radius 1 is 0.829 bits per heavy atom. The van der Waals surface area contributed by atoms with Gasteiger partial charge in [-0.2, -0.15) is 0 Å². The molecule has 0 spiro atoms. The van der Waals surface area contributed by atoms with Gasteiger partial charge in [0.05, 0.1) is 5.69 Å². The van der Waals surface area contributed by atoms with Crippen molar-refractivity contribution in [3.05, 3.63) is 111 Å². The lowest BCUT2D eigenvalue weighted by atomic mass is 9.87. The predicted octanol–water partition coefficient (Wildman–Crippen LogP) is 5.27. The SMILES string of the molecule is O=c1oc2c3c(n(-c4ccc(O)cc4)c(=O)c2c(O)c1Sc1ccccc1)-c1ccccc1CC3. The minimum absolute atomic E-state index is 0.0331. The summed E-state index contributed by atoms with van der Waals surface area (Å²) in [6.45, 7) is 0. The van der Waals surface area contributed by atoms with Crippen LogP contribution in [0, 0.1) is 0 Å². The monoisotopic (exact) mass is 481 g/mol. The van der Waals surface area contributed by atoms with Gasteiger partial charge in [-0.05, 0) is 54.8 Å². The maximum absolute atomic E-state index is 14.0. The summed E-state index contributed by atoms with van der Waals surface area (Å²) >= 11 is 1.06. The molecule has 2 aromatic heterocycles. The smallest absolute Gasteiger partial charge is 0.354 e. The van der Waals surface area contributed by atoms with E-state index < -0.39 is 11.2 Å². The van der Waals surface area contributed by atoms with Gasteiger partial charge in [0.2, 0.25) is 0 Å². The normalized spacial score (nSPS) is 12.3. The van der Waals surface area contributed by atoms with E-state index in [-0.39, 0.29) is 27.4 Å². The van der Waals surface area contributed by atoms with Crippen molar-refractivity contribution < 1.29 is 14.6 Å². The van der Waals surface area contributed by atoms with E-state index in [1.54, 1.807) is 12.1 Å². The largest absolute Gasteiger partial charge is 0.508 e. The van der Waals surface area contributed by atoms with Crippen molar-refractivity contribution in [3.8, 4) is 28.4 Å². The molecule has 0 aliphatic heterocycles. The molecule has 0 bridgehead atoms. The molecule has 7 heteroatoms. The van der Waals surface area contributed by atoms with Crippen LogP contribution in [0.15, 0.2) is 103 Å². The molecule has 3 aromatic carbocycles. The number of phenols is 1. The fourth-order valence-electron chi connectivity index (χ4n) is 4.66. The standard InChI is InChI=1S/C28H19NO5S/c30-18-13-11-17(12-14-18)29-23-20-9-5-4-6-16(20)10-15-21(23)25-22(27(29)32)24(31)26(28(33)34-25)35-19-7-2-1-3-8-19/h1-9,11-14,30-31H,10,15H2. The fourth-order valence-corrected chi connectivity index (χ4v) is 5.52. The zero-order valence-corrected chi connectivity index (χ0v) is 19.2. The van der Waals surface area contributed by atoms with E-state index in [4.69, 9.17) is 4.42 Å². The third-order valence-corrected chi connectivity index (χ3v) is 7.32. The molecule has 1 aliphatic carbocycles. The molecule has 0 saturated carbocycles. The van der Waals surface area contributed by atoms with E-state index in [1.165, 1.54) is 16.7 Å². The molecule has 172 valence electrons. The quantitative estimate of drug-likeness (QED) is 0.365. The van der Waals surface area contributed by atoms with Crippen LogP contribution < -0.4 is 11.2 Å². The van der Waals surface area contributed by atoms with Crippen LogP contribution in [0.1, 0.15) is 11.1 Å². The molecule has 6 rings (SSSR count). The van der Waals surface area contributed by atoms with Crippen LogP contribution in [0.3, 0.4) is 0 Å². The molecule has 0 saturated heterocycles. The lowest BCUT2D eigenvalue weighted by Gasteiger charge is -2.25. The molecule has 0 atom stereocenters. The maximum Gasteiger partial charge on any atom is 0.354 e. The summed E-state index contributed by atoms with van der Waals surface area (Å²) in [6.07, 6.45) is 1.24. The Kier molecular flexibility index (Phi) is 5.00. The molecule has 2 N–H and O–H groups in total. The maximum atomic E-state index is 14.0. The first kappa shape index (κ1) is 21.3. The molecule has 0 unspecified atom stereocenters. The van der Waals surface area contributed by atoms with Gasteiger partial charge in [0.1, 0.15) is 16.0 Å². The Labute approximate surface area is 203 Å². The molecule has 0 fully saturated rings. The minimum atomic E-state index is -0.688. The van der Waals surface area contributed by atoms with Crippen molar-refractivity contribution in [2.75, 3.05) is 0 Å². The van der Waals surface area contributed by atoms with Crippen LogP contribution in [0.25, 0.3) is 27.9 Å². The molecule has 0 amide bonds. The zero-order chi connectivity index (χ0) is 24.1.